The van der Waals surface area contributed by atoms with Gasteiger partial charge in [0.05, 0.1) is 18.6 Å². The standard InChI is InChI=1S/C26H22N4O3S/c1-16-10-12-17(13-11-16)27-22(31)15-34-26-29-23-20-8-3-4-9-21(20)28-24(23)25(32)30(26)18-6-5-7-19(14-18)33-2/h3-14,28H,15H2,1-2H3,(H,27,31). The van der Waals surface area contributed by atoms with E-state index >= 15 is 0 Å². The maximum absolute atomic E-state index is 13.6. The van der Waals surface area contributed by atoms with Crippen molar-refractivity contribution in [2.45, 2.75) is 12.1 Å². The van der Waals surface area contributed by atoms with Crippen LogP contribution >= 0.6 is 11.8 Å². The van der Waals surface area contributed by atoms with E-state index in [1.165, 1.54) is 16.3 Å². The maximum Gasteiger partial charge on any atom is 0.283 e. The molecule has 34 heavy (non-hydrogen) atoms. The van der Waals surface area contributed by atoms with Gasteiger partial charge in [-0.25, -0.2) is 4.98 Å². The average Bonchev–Trinajstić information content (AvgIpc) is 3.23. The number of anilines is 1. The summed E-state index contributed by atoms with van der Waals surface area (Å²) in [7, 11) is 1.58. The van der Waals surface area contributed by atoms with Crippen molar-refractivity contribution in [3.8, 4) is 11.4 Å². The normalized spacial score (nSPS) is 11.1. The average molecular weight is 471 g/mol. The van der Waals surface area contributed by atoms with E-state index in [4.69, 9.17) is 9.72 Å². The zero-order chi connectivity index (χ0) is 23.7. The number of nitrogens with zero attached hydrogens (tertiary/aromatic N) is 2. The fourth-order valence-corrected chi connectivity index (χ4v) is 4.59. The Labute approximate surface area is 199 Å². The molecule has 3 aromatic carbocycles. The molecule has 0 fully saturated rings. The Morgan fingerprint density at radius 2 is 1.88 bits per heavy atom. The summed E-state index contributed by atoms with van der Waals surface area (Å²) in [4.78, 5) is 34.3. The van der Waals surface area contributed by atoms with Crippen LogP contribution in [0.3, 0.4) is 0 Å². The highest BCUT2D eigenvalue weighted by Crippen LogP contribution is 2.27. The summed E-state index contributed by atoms with van der Waals surface area (Å²) in [6.07, 6.45) is 0. The molecule has 0 spiro atoms. The molecule has 5 aromatic rings. The fraction of sp³-hybridized carbons (Fsp3) is 0.115. The van der Waals surface area contributed by atoms with Gasteiger partial charge in [0.15, 0.2) is 5.16 Å². The number of methoxy groups -OCH3 is 1. The Morgan fingerprint density at radius 3 is 2.68 bits per heavy atom. The van der Waals surface area contributed by atoms with E-state index in [1.54, 1.807) is 13.2 Å². The number of nitrogens with one attached hydrogen (secondary N) is 2. The van der Waals surface area contributed by atoms with Crippen LogP contribution in [0.1, 0.15) is 5.56 Å². The molecular formula is C26H22N4O3S. The Kier molecular flexibility index (Phi) is 5.81. The second kappa shape index (κ2) is 9.07. The highest BCUT2D eigenvalue weighted by atomic mass is 32.2. The molecular weight excluding hydrogens is 448 g/mol. The number of H-pyrrole nitrogens is 1. The number of fused-ring (bicyclic) bond motifs is 3. The number of hydrogen-bond donors (Lipinski definition) is 2. The number of hydrogen-bond acceptors (Lipinski definition) is 5. The van der Waals surface area contributed by atoms with Crippen LogP contribution in [-0.2, 0) is 4.79 Å². The van der Waals surface area contributed by atoms with Gasteiger partial charge in [0.25, 0.3) is 5.56 Å². The SMILES string of the molecule is COc1cccc(-n2c(SCC(=O)Nc3ccc(C)cc3)nc3c([nH]c4ccccc43)c2=O)c1. The maximum atomic E-state index is 13.6. The van der Waals surface area contributed by atoms with Gasteiger partial charge in [0.1, 0.15) is 16.8 Å². The highest BCUT2D eigenvalue weighted by Gasteiger charge is 2.18. The first-order chi connectivity index (χ1) is 16.5. The van der Waals surface area contributed by atoms with Crippen molar-refractivity contribution >= 4 is 45.3 Å². The Hall–Kier alpha value is -4.04. The van der Waals surface area contributed by atoms with Crippen LogP contribution in [-0.4, -0.2) is 33.3 Å². The predicted molar refractivity (Wildman–Crippen MR) is 136 cm³/mol. The number of amides is 1. The first-order valence-electron chi connectivity index (χ1n) is 10.7. The molecule has 0 atom stereocenters. The van der Waals surface area contributed by atoms with E-state index < -0.39 is 0 Å². The molecule has 2 heterocycles. The van der Waals surface area contributed by atoms with Crippen molar-refractivity contribution in [3.63, 3.8) is 0 Å². The molecule has 7 nitrogen and oxygen atoms in total. The first-order valence-corrected chi connectivity index (χ1v) is 11.7. The Balaban J connectivity index is 1.56. The van der Waals surface area contributed by atoms with Gasteiger partial charge >= 0.3 is 0 Å². The van der Waals surface area contributed by atoms with Crippen molar-refractivity contribution in [3.05, 3.63) is 88.7 Å². The highest BCUT2D eigenvalue weighted by molar-refractivity contribution is 7.99. The van der Waals surface area contributed by atoms with Gasteiger partial charge in [-0.2, -0.15) is 0 Å². The molecule has 0 bridgehead atoms. The van der Waals surface area contributed by atoms with E-state index in [-0.39, 0.29) is 17.2 Å². The summed E-state index contributed by atoms with van der Waals surface area (Å²) in [5, 5.41) is 4.18. The van der Waals surface area contributed by atoms with E-state index in [0.29, 0.717) is 27.6 Å². The molecule has 2 N–H and O–H groups in total. The molecule has 1 amide bonds. The number of ether oxygens (including phenoxy) is 1. The van der Waals surface area contributed by atoms with E-state index in [2.05, 4.69) is 10.3 Å². The third kappa shape index (κ3) is 4.15. The summed E-state index contributed by atoms with van der Waals surface area (Å²) in [5.74, 6) is 0.534. The molecule has 0 aliphatic carbocycles. The molecule has 0 saturated carbocycles. The van der Waals surface area contributed by atoms with Crippen LogP contribution in [0, 0.1) is 6.92 Å². The topological polar surface area (TPSA) is 89.0 Å². The first kappa shape index (κ1) is 21.8. The lowest BCUT2D eigenvalue weighted by Crippen LogP contribution is -2.23. The zero-order valence-electron chi connectivity index (χ0n) is 18.7. The molecule has 0 aliphatic heterocycles. The number of rotatable bonds is 6. The second-order valence-corrected chi connectivity index (χ2v) is 8.78. The van der Waals surface area contributed by atoms with Crippen LogP contribution in [0.25, 0.3) is 27.6 Å². The van der Waals surface area contributed by atoms with Crippen molar-refractivity contribution in [1.82, 2.24) is 14.5 Å². The van der Waals surface area contributed by atoms with Crippen molar-refractivity contribution in [2.24, 2.45) is 0 Å². The van der Waals surface area contributed by atoms with E-state index in [9.17, 15) is 9.59 Å². The zero-order valence-corrected chi connectivity index (χ0v) is 19.5. The lowest BCUT2D eigenvalue weighted by Gasteiger charge is -2.13. The molecule has 2 aromatic heterocycles. The Morgan fingerprint density at radius 1 is 1.09 bits per heavy atom. The third-order valence-electron chi connectivity index (χ3n) is 5.47. The number of carbonyl (C=O) groups is 1. The number of para-hydroxylation sites is 1. The fourth-order valence-electron chi connectivity index (χ4n) is 3.78. The largest absolute Gasteiger partial charge is 0.497 e. The van der Waals surface area contributed by atoms with Gasteiger partial charge in [0, 0.05) is 22.7 Å². The van der Waals surface area contributed by atoms with E-state index in [1.807, 2.05) is 73.7 Å². The lowest BCUT2D eigenvalue weighted by molar-refractivity contribution is -0.113. The molecule has 0 saturated heterocycles. The van der Waals surface area contributed by atoms with Crippen molar-refractivity contribution in [1.29, 1.82) is 0 Å². The van der Waals surface area contributed by atoms with Gasteiger partial charge in [-0.3, -0.25) is 14.2 Å². The minimum absolute atomic E-state index is 0.0954. The number of carbonyl (C=O) groups excluding carboxylic acids is 1. The monoisotopic (exact) mass is 470 g/mol. The summed E-state index contributed by atoms with van der Waals surface area (Å²) in [6.45, 7) is 1.99. The number of aromatic nitrogens is 3. The van der Waals surface area contributed by atoms with Crippen LogP contribution in [0.4, 0.5) is 5.69 Å². The van der Waals surface area contributed by atoms with Gasteiger partial charge in [0.2, 0.25) is 5.91 Å². The van der Waals surface area contributed by atoms with Crippen LogP contribution in [0.2, 0.25) is 0 Å². The molecule has 0 radical (unpaired) electrons. The number of aromatic amines is 1. The Bertz CT molecular complexity index is 1570. The summed E-state index contributed by atoms with van der Waals surface area (Å²) >= 11 is 1.21. The number of benzene rings is 3. The lowest BCUT2D eigenvalue weighted by atomic mass is 10.2. The molecule has 170 valence electrons. The van der Waals surface area contributed by atoms with Crippen LogP contribution in [0.5, 0.6) is 5.75 Å². The molecule has 5 rings (SSSR count). The third-order valence-corrected chi connectivity index (χ3v) is 6.41. The summed E-state index contributed by atoms with van der Waals surface area (Å²) in [5.41, 5.74) is 4.04. The molecule has 0 unspecified atom stereocenters. The van der Waals surface area contributed by atoms with E-state index in [0.717, 1.165) is 22.2 Å². The molecule has 0 aliphatic rings. The minimum atomic E-state index is -0.240. The van der Waals surface area contributed by atoms with Gasteiger partial charge < -0.3 is 15.0 Å². The van der Waals surface area contributed by atoms with Crippen LogP contribution < -0.4 is 15.6 Å². The second-order valence-electron chi connectivity index (χ2n) is 7.83. The predicted octanol–water partition coefficient (Wildman–Crippen LogP) is 4.91. The minimum Gasteiger partial charge on any atom is -0.497 e. The smallest absolute Gasteiger partial charge is 0.283 e. The summed E-state index contributed by atoms with van der Waals surface area (Å²) in [6, 6.07) is 22.5. The van der Waals surface area contributed by atoms with Gasteiger partial charge in [-0.1, -0.05) is 53.7 Å². The van der Waals surface area contributed by atoms with Crippen molar-refractivity contribution < 1.29 is 9.53 Å². The van der Waals surface area contributed by atoms with Crippen molar-refractivity contribution in [2.75, 3.05) is 18.2 Å². The van der Waals surface area contributed by atoms with Crippen LogP contribution in [0.15, 0.2) is 82.7 Å². The number of thioether (sulfide) groups is 1. The quantitative estimate of drug-likeness (QED) is 0.272. The number of aryl methyl sites for hydroxylation is 1. The van der Waals surface area contributed by atoms with Gasteiger partial charge in [-0.05, 0) is 37.3 Å². The van der Waals surface area contributed by atoms with Gasteiger partial charge in [-0.15, -0.1) is 0 Å². The summed E-state index contributed by atoms with van der Waals surface area (Å²) < 4.78 is 6.87. The molecule has 8 heteroatoms.